The molecule has 0 radical (unpaired) electrons. The lowest BCUT2D eigenvalue weighted by Crippen LogP contribution is -2.29. The Hall–Kier alpha value is -2.94. The fraction of sp³-hybridized carbons (Fsp3) is 0.280. The first kappa shape index (κ1) is 27.6. The zero-order valence-corrected chi connectivity index (χ0v) is 22.2. The van der Waals surface area contributed by atoms with Crippen LogP contribution in [0.5, 0.6) is 0 Å². The van der Waals surface area contributed by atoms with Gasteiger partial charge in [0.1, 0.15) is 5.82 Å². The highest BCUT2D eigenvalue weighted by molar-refractivity contribution is 5.86. The summed E-state index contributed by atoms with van der Waals surface area (Å²) in [6.45, 7) is 4.21. The number of pyridine rings is 1. The molecule has 190 valence electrons. The van der Waals surface area contributed by atoms with Crippen LogP contribution < -0.4 is 5.32 Å². The van der Waals surface area contributed by atoms with Crippen LogP contribution in [0.15, 0.2) is 48.9 Å². The first-order valence-electron chi connectivity index (χ1n) is 11.3. The lowest BCUT2D eigenvalue weighted by atomic mass is 9.91. The Bertz CT molecular complexity index is 1500. The van der Waals surface area contributed by atoms with Crippen LogP contribution in [0.4, 0.5) is 10.3 Å². The molecule has 0 saturated carbocycles. The van der Waals surface area contributed by atoms with Crippen LogP contribution in [-0.2, 0) is 12.8 Å². The molecule has 4 heterocycles. The quantitative estimate of drug-likeness (QED) is 0.280. The highest BCUT2D eigenvalue weighted by atomic mass is 35.5. The monoisotopic (exact) mass is 549 g/mol. The topological polar surface area (TPSA) is 83.8 Å². The second-order valence-electron chi connectivity index (χ2n) is 8.96. The average molecular weight is 551 g/mol. The molecule has 7 nitrogen and oxygen atoms in total. The van der Waals surface area contributed by atoms with E-state index in [4.69, 9.17) is 9.97 Å². The first-order valence-corrected chi connectivity index (χ1v) is 11.3. The van der Waals surface area contributed by atoms with Gasteiger partial charge in [0, 0.05) is 40.0 Å². The third-order valence-corrected chi connectivity index (χ3v) is 6.41. The zero-order valence-electron chi connectivity index (χ0n) is 19.7. The Labute approximate surface area is 226 Å². The molecule has 0 bridgehead atoms. The third-order valence-electron chi connectivity index (χ3n) is 6.41. The molecule has 5 aromatic rings. The maximum atomic E-state index is 13.9. The van der Waals surface area contributed by atoms with Crippen LogP contribution in [0, 0.1) is 5.82 Å². The molecule has 0 spiro atoms. The molecule has 4 aromatic heterocycles. The van der Waals surface area contributed by atoms with Crippen molar-refractivity contribution in [3.05, 3.63) is 71.6 Å². The predicted molar refractivity (Wildman–Crippen MR) is 148 cm³/mol. The standard InChI is InChI=1S/C25H24FN7.3ClH/c1-14(2)20-13-28-33-24(20)31-23(15-9-16(26)12-27-11-15)32-25(33)29-17-7-8-22-19(10-17)18-5-3-4-6-21(18)30-22;;;/h3-6,9,11-14,17,30H,7-8,10H2,1-2H3,(H,29,31,32);3*1H/t17-;;;/m1.../s1. The molecule has 2 N–H and O–H groups in total. The van der Waals surface area contributed by atoms with Crippen molar-refractivity contribution < 1.29 is 4.39 Å². The maximum absolute atomic E-state index is 13.9. The average Bonchev–Trinajstić information content (AvgIpc) is 3.41. The number of halogens is 4. The van der Waals surface area contributed by atoms with Crippen LogP contribution in [0.25, 0.3) is 27.9 Å². The summed E-state index contributed by atoms with van der Waals surface area (Å²) >= 11 is 0. The van der Waals surface area contributed by atoms with Gasteiger partial charge in [-0.1, -0.05) is 32.0 Å². The van der Waals surface area contributed by atoms with Gasteiger partial charge in [-0.3, -0.25) is 4.98 Å². The Kier molecular flexibility index (Phi) is 8.44. The van der Waals surface area contributed by atoms with E-state index in [1.807, 2.05) is 6.20 Å². The van der Waals surface area contributed by atoms with Crippen molar-refractivity contribution in [3.8, 4) is 11.4 Å². The van der Waals surface area contributed by atoms with E-state index in [-0.39, 0.29) is 49.2 Å². The van der Waals surface area contributed by atoms with E-state index in [2.05, 4.69) is 58.5 Å². The van der Waals surface area contributed by atoms with E-state index in [9.17, 15) is 4.39 Å². The van der Waals surface area contributed by atoms with Gasteiger partial charge in [-0.15, -0.1) is 37.2 Å². The molecule has 0 aliphatic heterocycles. The molecule has 0 fully saturated rings. The first-order chi connectivity index (χ1) is 16.1. The van der Waals surface area contributed by atoms with Crippen LogP contribution in [0.3, 0.4) is 0 Å². The summed E-state index contributed by atoms with van der Waals surface area (Å²) in [6.07, 6.45) is 7.43. The minimum atomic E-state index is -0.415. The van der Waals surface area contributed by atoms with Gasteiger partial charge in [0.05, 0.1) is 12.4 Å². The molecular weight excluding hydrogens is 524 g/mol. The third kappa shape index (κ3) is 4.85. The minimum Gasteiger partial charge on any atom is -0.358 e. The molecule has 6 rings (SSSR count). The van der Waals surface area contributed by atoms with E-state index in [1.165, 1.54) is 34.4 Å². The molecule has 36 heavy (non-hydrogen) atoms. The molecule has 1 aliphatic carbocycles. The Morgan fingerprint density at radius 3 is 2.67 bits per heavy atom. The second-order valence-corrected chi connectivity index (χ2v) is 8.96. The van der Waals surface area contributed by atoms with E-state index in [0.29, 0.717) is 17.3 Å². The van der Waals surface area contributed by atoms with Gasteiger partial charge in [-0.2, -0.15) is 14.6 Å². The van der Waals surface area contributed by atoms with Crippen molar-refractivity contribution in [2.75, 3.05) is 5.32 Å². The normalized spacial score (nSPS) is 14.6. The Morgan fingerprint density at radius 1 is 1.08 bits per heavy atom. The van der Waals surface area contributed by atoms with E-state index < -0.39 is 5.82 Å². The van der Waals surface area contributed by atoms with E-state index in [1.54, 1.807) is 10.7 Å². The number of rotatable bonds is 4. The minimum absolute atomic E-state index is 0. The summed E-state index contributed by atoms with van der Waals surface area (Å²) in [7, 11) is 0. The summed E-state index contributed by atoms with van der Waals surface area (Å²) in [4.78, 5) is 17.0. The van der Waals surface area contributed by atoms with Crippen molar-refractivity contribution in [3.63, 3.8) is 0 Å². The Balaban J connectivity index is 0.00000120. The number of nitrogens with one attached hydrogen (secondary N) is 2. The highest BCUT2D eigenvalue weighted by Crippen LogP contribution is 2.31. The summed E-state index contributed by atoms with van der Waals surface area (Å²) < 4.78 is 15.6. The highest BCUT2D eigenvalue weighted by Gasteiger charge is 2.24. The predicted octanol–water partition coefficient (Wildman–Crippen LogP) is 6.16. The van der Waals surface area contributed by atoms with E-state index >= 15 is 0 Å². The summed E-state index contributed by atoms with van der Waals surface area (Å²) in [5, 5.41) is 9.47. The van der Waals surface area contributed by atoms with Crippen LogP contribution in [-0.4, -0.2) is 35.6 Å². The van der Waals surface area contributed by atoms with Gasteiger partial charge < -0.3 is 10.3 Å². The number of H-pyrrole nitrogens is 1. The summed E-state index contributed by atoms with van der Waals surface area (Å²) in [6, 6.07) is 10.0. The number of nitrogens with zero attached hydrogens (tertiary/aromatic N) is 5. The van der Waals surface area contributed by atoms with Crippen LogP contribution in [0.1, 0.15) is 43.0 Å². The molecule has 1 aliphatic rings. The number of hydrogen-bond acceptors (Lipinski definition) is 5. The van der Waals surface area contributed by atoms with Gasteiger partial charge in [0.15, 0.2) is 11.5 Å². The van der Waals surface area contributed by atoms with Gasteiger partial charge in [0.25, 0.3) is 0 Å². The van der Waals surface area contributed by atoms with Crippen molar-refractivity contribution >= 4 is 59.7 Å². The molecule has 11 heteroatoms. The van der Waals surface area contributed by atoms with Gasteiger partial charge in [0.2, 0.25) is 5.95 Å². The number of fused-ring (bicyclic) bond motifs is 4. The number of para-hydroxylation sites is 1. The fourth-order valence-electron chi connectivity index (χ4n) is 4.73. The molecule has 0 amide bonds. The lowest BCUT2D eigenvalue weighted by Gasteiger charge is -2.24. The molecule has 0 unspecified atom stereocenters. The number of benzene rings is 1. The summed E-state index contributed by atoms with van der Waals surface area (Å²) in [5.74, 6) is 0.872. The molecule has 1 aromatic carbocycles. The van der Waals surface area contributed by atoms with Crippen molar-refractivity contribution in [1.29, 1.82) is 0 Å². The van der Waals surface area contributed by atoms with Gasteiger partial charge in [-0.25, -0.2) is 9.37 Å². The number of aromatic amines is 1. The molecule has 1 atom stereocenters. The summed E-state index contributed by atoms with van der Waals surface area (Å²) in [5.41, 5.74) is 6.15. The maximum Gasteiger partial charge on any atom is 0.228 e. The second kappa shape index (κ2) is 11.0. The number of aromatic nitrogens is 6. The van der Waals surface area contributed by atoms with Gasteiger partial charge >= 0.3 is 0 Å². The number of aryl methyl sites for hydroxylation is 1. The van der Waals surface area contributed by atoms with E-state index in [0.717, 1.165) is 30.5 Å². The van der Waals surface area contributed by atoms with Crippen LogP contribution >= 0.6 is 37.2 Å². The van der Waals surface area contributed by atoms with Crippen molar-refractivity contribution in [2.24, 2.45) is 0 Å². The molecule has 0 saturated heterocycles. The lowest BCUT2D eigenvalue weighted by molar-refractivity contribution is 0.599. The smallest absolute Gasteiger partial charge is 0.228 e. The zero-order chi connectivity index (χ0) is 22.5. The van der Waals surface area contributed by atoms with Gasteiger partial charge in [-0.05, 0) is 42.9 Å². The largest absolute Gasteiger partial charge is 0.358 e. The SMILES string of the molecule is CC(C)c1cnn2c(N[C@@H]3CCc4[nH]c5ccccc5c4C3)nc(-c3cncc(F)c3)nc12.Cl.Cl.Cl. The van der Waals surface area contributed by atoms with Crippen molar-refractivity contribution in [1.82, 2.24) is 29.5 Å². The van der Waals surface area contributed by atoms with Crippen molar-refractivity contribution in [2.45, 2.75) is 45.1 Å². The fourth-order valence-corrected chi connectivity index (χ4v) is 4.73. The van der Waals surface area contributed by atoms with Crippen LogP contribution in [0.2, 0.25) is 0 Å². The number of hydrogen-bond donors (Lipinski definition) is 2. The Morgan fingerprint density at radius 2 is 1.89 bits per heavy atom. The molecular formula is C25H27Cl3FN7. The number of anilines is 1.